The first-order valence-corrected chi connectivity index (χ1v) is 7.17. The standard InChI is InChI=1S/C12H7F17O3/c13-5(14,1-2-32-3-4(30)31)6(15,16)7(17,18)8(19,20)9(21,22)10(23,24)11(25,26)12(27,28)29/h1-3H2,(H,30,31). The first-order chi connectivity index (χ1) is 13.7. The Hall–Kier alpha value is -1.76. The fourth-order valence-corrected chi connectivity index (χ4v) is 1.71. The lowest BCUT2D eigenvalue weighted by Crippen LogP contribution is -2.74. The molecule has 0 spiro atoms. The Balaban J connectivity index is 6.33. The number of hydrogen-bond donors (Lipinski definition) is 1. The van der Waals surface area contributed by atoms with Gasteiger partial charge in [-0.15, -0.1) is 0 Å². The predicted octanol–water partition coefficient (Wildman–Crippen LogP) is 5.49. The van der Waals surface area contributed by atoms with E-state index in [9.17, 15) is 79.4 Å². The first kappa shape index (κ1) is 30.2. The van der Waals surface area contributed by atoms with Gasteiger partial charge in [0.05, 0.1) is 6.61 Å². The number of aliphatic carboxylic acids is 1. The summed E-state index contributed by atoms with van der Waals surface area (Å²) in [7, 11) is 0. The number of rotatable bonds is 11. The van der Waals surface area contributed by atoms with Gasteiger partial charge in [-0.2, -0.15) is 74.6 Å². The van der Waals surface area contributed by atoms with E-state index in [0.717, 1.165) is 0 Å². The van der Waals surface area contributed by atoms with Crippen LogP contribution in [0.15, 0.2) is 0 Å². The molecule has 0 aromatic carbocycles. The van der Waals surface area contributed by atoms with Crippen LogP contribution in [0.1, 0.15) is 6.42 Å². The molecular weight excluding hydrogens is 515 g/mol. The number of hydrogen-bond acceptors (Lipinski definition) is 2. The van der Waals surface area contributed by atoms with Gasteiger partial charge >= 0.3 is 53.6 Å². The fourth-order valence-electron chi connectivity index (χ4n) is 1.71. The van der Waals surface area contributed by atoms with Gasteiger partial charge in [-0.1, -0.05) is 0 Å². The molecular formula is C12H7F17O3. The second-order valence-corrected chi connectivity index (χ2v) is 5.84. The lowest BCUT2D eigenvalue weighted by atomic mass is 9.88. The molecule has 0 aromatic heterocycles. The van der Waals surface area contributed by atoms with Crippen LogP contribution in [-0.2, 0) is 9.53 Å². The molecule has 0 atom stereocenters. The maximum atomic E-state index is 13.4. The highest BCUT2D eigenvalue weighted by Gasteiger charge is 2.95. The summed E-state index contributed by atoms with van der Waals surface area (Å²) in [6.45, 7) is -3.50. The molecule has 0 fully saturated rings. The number of ether oxygens (including phenoxy) is 1. The van der Waals surface area contributed by atoms with Gasteiger partial charge in [0.15, 0.2) is 0 Å². The monoisotopic (exact) mass is 522 g/mol. The molecule has 32 heavy (non-hydrogen) atoms. The number of carboxylic acids is 1. The Kier molecular flexibility index (Phi) is 7.77. The molecule has 0 aliphatic rings. The Morgan fingerprint density at radius 1 is 0.562 bits per heavy atom. The van der Waals surface area contributed by atoms with Crippen molar-refractivity contribution in [1.29, 1.82) is 0 Å². The van der Waals surface area contributed by atoms with Gasteiger partial charge in [0.25, 0.3) is 0 Å². The second-order valence-electron chi connectivity index (χ2n) is 5.84. The van der Waals surface area contributed by atoms with E-state index >= 15 is 0 Å². The number of halogens is 17. The molecule has 0 rings (SSSR count). The largest absolute Gasteiger partial charge is 0.480 e. The summed E-state index contributed by atoms with van der Waals surface area (Å²) in [5.41, 5.74) is 0. The summed E-state index contributed by atoms with van der Waals surface area (Å²) in [5.74, 6) is -58.8. The van der Waals surface area contributed by atoms with E-state index in [1.165, 1.54) is 0 Å². The predicted molar refractivity (Wildman–Crippen MR) is 63.8 cm³/mol. The van der Waals surface area contributed by atoms with E-state index < -0.39 is 73.2 Å². The van der Waals surface area contributed by atoms with Crippen molar-refractivity contribution < 1.29 is 89.3 Å². The summed E-state index contributed by atoms with van der Waals surface area (Å²) in [5, 5.41) is 8.05. The van der Waals surface area contributed by atoms with Crippen molar-refractivity contribution in [2.75, 3.05) is 13.2 Å². The van der Waals surface area contributed by atoms with E-state index in [1.807, 2.05) is 0 Å². The minimum Gasteiger partial charge on any atom is -0.480 e. The van der Waals surface area contributed by atoms with Crippen molar-refractivity contribution in [3.8, 4) is 0 Å². The topological polar surface area (TPSA) is 46.5 Å². The van der Waals surface area contributed by atoms with Crippen LogP contribution in [0, 0.1) is 0 Å². The summed E-state index contributed by atoms with van der Waals surface area (Å²) in [6.07, 6.45) is -10.6. The molecule has 192 valence electrons. The Bertz CT molecular complexity index is 681. The number of alkyl halides is 17. The van der Waals surface area contributed by atoms with Crippen LogP contribution in [0.3, 0.4) is 0 Å². The van der Waals surface area contributed by atoms with Crippen LogP contribution in [0.4, 0.5) is 74.6 Å². The van der Waals surface area contributed by atoms with Crippen molar-refractivity contribution >= 4 is 5.97 Å². The van der Waals surface area contributed by atoms with Crippen molar-refractivity contribution in [3.63, 3.8) is 0 Å². The Morgan fingerprint density at radius 3 is 1.19 bits per heavy atom. The summed E-state index contributed by atoms with van der Waals surface area (Å²) < 4.78 is 224. The van der Waals surface area contributed by atoms with E-state index in [2.05, 4.69) is 4.74 Å². The van der Waals surface area contributed by atoms with E-state index in [4.69, 9.17) is 5.11 Å². The Morgan fingerprint density at radius 2 is 0.875 bits per heavy atom. The molecule has 3 nitrogen and oxygen atoms in total. The molecule has 0 unspecified atom stereocenters. The van der Waals surface area contributed by atoms with Crippen LogP contribution in [0.2, 0.25) is 0 Å². The van der Waals surface area contributed by atoms with Crippen LogP contribution in [-0.4, -0.2) is 71.9 Å². The minimum atomic E-state index is -8.68. The van der Waals surface area contributed by atoms with E-state index in [-0.39, 0.29) is 0 Å². The van der Waals surface area contributed by atoms with Crippen LogP contribution in [0.5, 0.6) is 0 Å². The maximum Gasteiger partial charge on any atom is 0.460 e. The summed E-state index contributed by atoms with van der Waals surface area (Å²) in [6, 6.07) is 0. The van der Waals surface area contributed by atoms with Crippen molar-refractivity contribution in [3.05, 3.63) is 0 Å². The van der Waals surface area contributed by atoms with Crippen molar-refractivity contribution in [1.82, 2.24) is 0 Å². The molecule has 0 aliphatic heterocycles. The normalized spacial score (nSPS) is 15.8. The third-order valence-corrected chi connectivity index (χ3v) is 3.57. The van der Waals surface area contributed by atoms with Gasteiger partial charge in [0, 0.05) is 6.42 Å². The van der Waals surface area contributed by atoms with Gasteiger partial charge in [-0.3, -0.25) is 0 Å². The van der Waals surface area contributed by atoms with Gasteiger partial charge in [-0.05, 0) is 0 Å². The van der Waals surface area contributed by atoms with Gasteiger partial charge < -0.3 is 9.84 Å². The third kappa shape index (κ3) is 4.37. The zero-order valence-corrected chi connectivity index (χ0v) is 14.3. The smallest absolute Gasteiger partial charge is 0.460 e. The maximum absolute atomic E-state index is 13.4. The van der Waals surface area contributed by atoms with Gasteiger partial charge in [-0.25, -0.2) is 4.79 Å². The van der Waals surface area contributed by atoms with Crippen LogP contribution >= 0.6 is 0 Å². The lowest BCUT2D eigenvalue weighted by Gasteiger charge is -2.42. The Labute approximate surface area is 164 Å². The summed E-state index contributed by atoms with van der Waals surface area (Å²) >= 11 is 0. The van der Waals surface area contributed by atoms with E-state index in [0.29, 0.717) is 0 Å². The first-order valence-electron chi connectivity index (χ1n) is 7.17. The highest BCUT2D eigenvalue weighted by Crippen LogP contribution is 2.64. The summed E-state index contributed by atoms with van der Waals surface area (Å²) in [4.78, 5) is 9.99. The average molecular weight is 522 g/mol. The highest BCUT2D eigenvalue weighted by molar-refractivity contribution is 5.67. The number of carbonyl (C=O) groups is 1. The molecule has 0 heterocycles. The second kappa shape index (κ2) is 8.23. The minimum absolute atomic E-state index is 1.55. The fraction of sp³-hybridized carbons (Fsp3) is 0.917. The van der Waals surface area contributed by atoms with Crippen molar-refractivity contribution in [2.45, 2.75) is 54.1 Å². The molecule has 20 heteroatoms. The van der Waals surface area contributed by atoms with E-state index in [1.54, 1.807) is 0 Å². The lowest BCUT2D eigenvalue weighted by molar-refractivity contribution is -0.462. The van der Waals surface area contributed by atoms with Gasteiger partial charge in [0.2, 0.25) is 0 Å². The quantitative estimate of drug-likeness (QED) is 0.289. The SMILES string of the molecule is O=C(O)COCCC(F)(F)C(F)(F)C(F)(F)C(F)(F)C(F)(F)C(F)(F)C(F)(F)C(F)(F)F. The number of carboxylic acid groups (broad SMARTS) is 1. The molecule has 0 saturated heterocycles. The molecule has 0 amide bonds. The molecule has 0 aliphatic carbocycles. The van der Waals surface area contributed by atoms with Crippen LogP contribution < -0.4 is 0 Å². The molecule has 0 aromatic rings. The molecule has 0 radical (unpaired) electrons. The molecule has 0 saturated carbocycles. The average Bonchev–Trinajstić information content (AvgIpc) is 2.56. The molecule has 1 N–H and O–H groups in total. The third-order valence-electron chi connectivity index (χ3n) is 3.57. The van der Waals surface area contributed by atoms with Crippen LogP contribution in [0.25, 0.3) is 0 Å². The van der Waals surface area contributed by atoms with Crippen molar-refractivity contribution in [2.24, 2.45) is 0 Å². The zero-order valence-electron chi connectivity index (χ0n) is 14.3. The highest BCUT2D eigenvalue weighted by atomic mass is 19.4. The zero-order chi connectivity index (χ0) is 26.4. The molecule has 0 bridgehead atoms. The van der Waals surface area contributed by atoms with Gasteiger partial charge in [0.1, 0.15) is 6.61 Å².